The molecular formula is C21H23FO3. The Morgan fingerprint density at radius 3 is 2.48 bits per heavy atom. The maximum absolute atomic E-state index is 13.9. The highest BCUT2D eigenvalue weighted by Gasteiger charge is 2.49. The molecule has 3 nitrogen and oxygen atoms in total. The molecule has 0 aromatic heterocycles. The van der Waals surface area contributed by atoms with Crippen LogP contribution in [0.25, 0.3) is 0 Å². The van der Waals surface area contributed by atoms with Crippen LogP contribution in [0.4, 0.5) is 4.39 Å². The number of hydrogen-bond donors (Lipinski definition) is 0. The SMILES string of the molecule is CC[C@H]1O[C@@H]2c3ccccc3C(C)O[C@@H]2[C@H]1OCc1ccccc1F. The van der Waals surface area contributed by atoms with E-state index in [1.807, 2.05) is 18.2 Å². The second-order valence-electron chi connectivity index (χ2n) is 6.74. The Labute approximate surface area is 147 Å². The van der Waals surface area contributed by atoms with Crippen molar-refractivity contribution in [3.8, 4) is 0 Å². The monoisotopic (exact) mass is 342 g/mol. The summed E-state index contributed by atoms with van der Waals surface area (Å²) in [5.74, 6) is -0.241. The molecule has 2 aliphatic rings. The van der Waals surface area contributed by atoms with Gasteiger partial charge in [0.25, 0.3) is 0 Å². The molecule has 25 heavy (non-hydrogen) atoms. The fraction of sp³-hybridized carbons (Fsp3) is 0.429. The molecule has 0 aliphatic carbocycles. The van der Waals surface area contributed by atoms with Crippen LogP contribution in [0.1, 0.15) is 49.2 Å². The third-order valence-electron chi connectivity index (χ3n) is 5.20. The van der Waals surface area contributed by atoms with Gasteiger partial charge in [0.1, 0.15) is 24.1 Å². The van der Waals surface area contributed by atoms with Gasteiger partial charge >= 0.3 is 0 Å². The fourth-order valence-corrected chi connectivity index (χ4v) is 3.91. The Morgan fingerprint density at radius 2 is 1.72 bits per heavy atom. The summed E-state index contributed by atoms with van der Waals surface area (Å²) in [6.45, 7) is 4.36. The average Bonchev–Trinajstić information content (AvgIpc) is 2.99. The maximum atomic E-state index is 13.9. The molecular weight excluding hydrogens is 319 g/mol. The van der Waals surface area contributed by atoms with E-state index in [1.54, 1.807) is 12.1 Å². The van der Waals surface area contributed by atoms with Crippen molar-refractivity contribution in [3.05, 3.63) is 71.0 Å². The van der Waals surface area contributed by atoms with Gasteiger partial charge in [-0.3, -0.25) is 0 Å². The zero-order valence-corrected chi connectivity index (χ0v) is 14.5. The zero-order valence-electron chi connectivity index (χ0n) is 14.5. The zero-order chi connectivity index (χ0) is 17.4. The van der Waals surface area contributed by atoms with Gasteiger partial charge in [0.15, 0.2) is 0 Å². The Kier molecular flexibility index (Phi) is 4.59. The van der Waals surface area contributed by atoms with Crippen LogP contribution in [0.5, 0.6) is 0 Å². The highest BCUT2D eigenvalue weighted by Crippen LogP contribution is 2.46. The lowest BCUT2D eigenvalue weighted by Gasteiger charge is -2.34. The van der Waals surface area contributed by atoms with Crippen LogP contribution in [-0.4, -0.2) is 18.3 Å². The molecule has 1 fully saturated rings. The van der Waals surface area contributed by atoms with Crippen LogP contribution in [0, 0.1) is 5.82 Å². The van der Waals surface area contributed by atoms with Crippen LogP contribution in [0.2, 0.25) is 0 Å². The van der Waals surface area contributed by atoms with Crippen LogP contribution >= 0.6 is 0 Å². The molecule has 1 saturated heterocycles. The molecule has 0 spiro atoms. The van der Waals surface area contributed by atoms with Crippen LogP contribution in [0.3, 0.4) is 0 Å². The highest BCUT2D eigenvalue weighted by molar-refractivity contribution is 5.35. The van der Waals surface area contributed by atoms with Gasteiger partial charge in [0.05, 0.1) is 18.8 Å². The third-order valence-corrected chi connectivity index (χ3v) is 5.20. The maximum Gasteiger partial charge on any atom is 0.128 e. The Morgan fingerprint density at radius 1 is 1.00 bits per heavy atom. The van der Waals surface area contributed by atoms with Gasteiger partial charge in [0, 0.05) is 5.56 Å². The standard InChI is InChI=1S/C21H23FO3/c1-3-18-20(23-12-14-8-4-7-11-17(14)22)21-19(25-18)16-10-6-5-9-15(16)13(2)24-21/h4-11,13,18-21H,3,12H2,1-2H3/t13?,18-,19-,20+,21+/m1/s1. The van der Waals surface area contributed by atoms with E-state index in [9.17, 15) is 4.39 Å². The predicted molar refractivity (Wildman–Crippen MR) is 92.6 cm³/mol. The first-order valence-corrected chi connectivity index (χ1v) is 8.93. The highest BCUT2D eigenvalue weighted by atomic mass is 19.1. The smallest absolute Gasteiger partial charge is 0.128 e. The molecule has 4 heteroatoms. The molecule has 0 amide bonds. The minimum absolute atomic E-state index is 0.00350. The number of ether oxygens (including phenoxy) is 3. The van der Waals surface area contributed by atoms with Crippen molar-refractivity contribution in [1.29, 1.82) is 0 Å². The summed E-state index contributed by atoms with van der Waals surface area (Å²) in [7, 11) is 0. The molecule has 0 saturated carbocycles. The van der Waals surface area contributed by atoms with Gasteiger partial charge in [-0.15, -0.1) is 0 Å². The van der Waals surface area contributed by atoms with Crippen molar-refractivity contribution in [3.63, 3.8) is 0 Å². The van der Waals surface area contributed by atoms with Crippen molar-refractivity contribution < 1.29 is 18.6 Å². The molecule has 2 aromatic carbocycles. The van der Waals surface area contributed by atoms with E-state index in [0.717, 1.165) is 6.42 Å². The molecule has 0 radical (unpaired) electrons. The quantitative estimate of drug-likeness (QED) is 0.804. The van der Waals surface area contributed by atoms with Crippen LogP contribution < -0.4 is 0 Å². The van der Waals surface area contributed by atoms with Crippen molar-refractivity contribution in [1.82, 2.24) is 0 Å². The van der Waals surface area contributed by atoms with E-state index >= 15 is 0 Å². The molecule has 2 heterocycles. The van der Waals surface area contributed by atoms with Gasteiger partial charge < -0.3 is 14.2 Å². The molecule has 1 unspecified atom stereocenters. The lowest BCUT2D eigenvalue weighted by Crippen LogP contribution is -2.38. The van der Waals surface area contributed by atoms with Crippen molar-refractivity contribution in [2.24, 2.45) is 0 Å². The van der Waals surface area contributed by atoms with Crippen LogP contribution in [-0.2, 0) is 20.8 Å². The average molecular weight is 342 g/mol. The van der Waals surface area contributed by atoms with E-state index < -0.39 is 0 Å². The molecule has 2 aromatic rings. The second kappa shape index (κ2) is 6.87. The summed E-state index contributed by atoms with van der Waals surface area (Å²) < 4.78 is 32.5. The Hall–Kier alpha value is -1.75. The summed E-state index contributed by atoms with van der Waals surface area (Å²) >= 11 is 0. The van der Waals surface area contributed by atoms with E-state index in [1.165, 1.54) is 17.2 Å². The first kappa shape index (κ1) is 16.7. The van der Waals surface area contributed by atoms with Crippen LogP contribution in [0.15, 0.2) is 48.5 Å². The summed E-state index contributed by atoms with van der Waals surface area (Å²) in [6, 6.07) is 15.0. The molecule has 132 valence electrons. The van der Waals surface area contributed by atoms with Gasteiger partial charge in [-0.25, -0.2) is 4.39 Å². The number of fused-ring (bicyclic) bond motifs is 3. The first-order chi connectivity index (χ1) is 12.2. The number of halogens is 1. The van der Waals surface area contributed by atoms with Gasteiger partial charge in [-0.05, 0) is 30.5 Å². The minimum atomic E-state index is -0.241. The van der Waals surface area contributed by atoms with Crippen molar-refractivity contribution >= 4 is 0 Å². The normalized spacial score (nSPS) is 30.8. The molecule has 2 aliphatic heterocycles. The Balaban J connectivity index is 1.57. The fourth-order valence-electron chi connectivity index (χ4n) is 3.91. The Bertz CT molecular complexity index is 747. The predicted octanol–water partition coefficient (Wildman–Crippen LogP) is 4.72. The third kappa shape index (κ3) is 2.99. The summed E-state index contributed by atoms with van der Waals surface area (Å²) in [4.78, 5) is 0. The van der Waals surface area contributed by atoms with Gasteiger partial charge in [-0.2, -0.15) is 0 Å². The summed E-state index contributed by atoms with van der Waals surface area (Å²) in [6.07, 6.45) is 0.279. The number of rotatable bonds is 4. The van der Waals surface area contributed by atoms with Gasteiger partial charge in [0.2, 0.25) is 0 Å². The molecule has 0 N–H and O–H groups in total. The van der Waals surface area contributed by atoms with E-state index in [0.29, 0.717) is 5.56 Å². The lowest BCUT2D eigenvalue weighted by molar-refractivity contribution is -0.108. The van der Waals surface area contributed by atoms with E-state index in [2.05, 4.69) is 26.0 Å². The number of benzene rings is 2. The van der Waals surface area contributed by atoms with E-state index in [4.69, 9.17) is 14.2 Å². The van der Waals surface area contributed by atoms with Crippen molar-refractivity contribution in [2.45, 2.75) is 57.4 Å². The second-order valence-corrected chi connectivity index (χ2v) is 6.74. The van der Waals surface area contributed by atoms with Crippen molar-refractivity contribution in [2.75, 3.05) is 0 Å². The summed E-state index contributed by atoms with van der Waals surface area (Å²) in [5, 5.41) is 0. The summed E-state index contributed by atoms with van der Waals surface area (Å²) in [5.41, 5.74) is 2.92. The lowest BCUT2D eigenvalue weighted by atomic mass is 9.91. The minimum Gasteiger partial charge on any atom is -0.368 e. The van der Waals surface area contributed by atoms with E-state index in [-0.39, 0.29) is 42.9 Å². The first-order valence-electron chi connectivity index (χ1n) is 8.93. The molecule has 5 atom stereocenters. The largest absolute Gasteiger partial charge is 0.368 e. The van der Waals surface area contributed by atoms with Gasteiger partial charge in [-0.1, -0.05) is 49.4 Å². The molecule has 0 bridgehead atoms. The topological polar surface area (TPSA) is 27.7 Å². The number of hydrogen-bond acceptors (Lipinski definition) is 3. The molecule has 4 rings (SSSR count).